The van der Waals surface area contributed by atoms with Gasteiger partial charge in [0.15, 0.2) is 0 Å². The van der Waals surface area contributed by atoms with E-state index in [1.807, 2.05) is 25.1 Å². The lowest BCUT2D eigenvalue weighted by atomic mass is 10.1. The van der Waals surface area contributed by atoms with Crippen LogP contribution >= 0.6 is 33.2 Å². The van der Waals surface area contributed by atoms with E-state index in [-0.39, 0.29) is 5.54 Å². The highest BCUT2D eigenvalue weighted by molar-refractivity contribution is 7.65. The number of hydrogen-bond donors (Lipinski definition) is 0. The SMILES string of the molecule is C[C@@H](CCc1ccccc1)[Si](Cl)(Cl)Cl. The minimum atomic E-state index is -2.50. The van der Waals surface area contributed by atoms with Crippen molar-refractivity contribution in [2.24, 2.45) is 0 Å². The standard InChI is InChI=1S/C10H13Cl3Si/c1-9(14(11,12)13)7-8-10-5-3-2-4-6-10/h2-6,9H,7-8H2,1H3/t9-/m0/s1. The Morgan fingerprint density at radius 2 is 1.71 bits per heavy atom. The summed E-state index contributed by atoms with van der Waals surface area (Å²) >= 11 is 17.8. The molecule has 0 nitrogen and oxygen atoms in total. The second-order valence-electron chi connectivity index (χ2n) is 3.47. The Morgan fingerprint density at radius 3 is 2.21 bits per heavy atom. The van der Waals surface area contributed by atoms with Gasteiger partial charge < -0.3 is 0 Å². The van der Waals surface area contributed by atoms with Crippen LogP contribution in [-0.4, -0.2) is 6.00 Å². The third-order valence-electron chi connectivity index (χ3n) is 2.27. The van der Waals surface area contributed by atoms with E-state index in [1.54, 1.807) is 0 Å². The van der Waals surface area contributed by atoms with Crippen molar-refractivity contribution in [3.05, 3.63) is 35.9 Å². The van der Waals surface area contributed by atoms with Crippen LogP contribution in [-0.2, 0) is 6.42 Å². The summed E-state index contributed by atoms with van der Waals surface area (Å²) in [5, 5.41) is 0. The van der Waals surface area contributed by atoms with Crippen LogP contribution in [0.1, 0.15) is 18.9 Å². The third kappa shape index (κ3) is 4.22. The summed E-state index contributed by atoms with van der Waals surface area (Å²) in [5.41, 5.74) is 1.52. The fourth-order valence-electron chi connectivity index (χ4n) is 1.19. The Balaban J connectivity index is 2.42. The molecule has 1 aromatic rings. The van der Waals surface area contributed by atoms with Crippen molar-refractivity contribution in [3.8, 4) is 0 Å². The molecule has 0 bridgehead atoms. The molecule has 0 saturated heterocycles. The predicted octanol–water partition coefficient (Wildman–Crippen LogP) is 4.66. The predicted molar refractivity (Wildman–Crippen MR) is 67.5 cm³/mol. The molecule has 0 aliphatic rings. The average Bonchev–Trinajstić information content (AvgIpc) is 2.14. The van der Waals surface area contributed by atoms with Gasteiger partial charge in [0, 0.05) is 0 Å². The molecule has 1 aromatic carbocycles. The van der Waals surface area contributed by atoms with Gasteiger partial charge >= 0.3 is 6.00 Å². The molecule has 0 aliphatic heterocycles. The number of aryl methyl sites for hydroxylation is 1. The van der Waals surface area contributed by atoms with E-state index in [1.165, 1.54) is 5.56 Å². The lowest BCUT2D eigenvalue weighted by Crippen LogP contribution is -2.17. The number of hydrogen-bond acceptors (Lipinski definition) is 0. The van der Waals surface area contributed by atoms with E-state index in [0.29, 0.717) is 0 Å². The highest BCUT2D eigenvalue weighted by atomic mass is 35.8. The van der Waals surface area contributed by atoms with Crippen molar-refractivity contribution >= 4 is 39.2 Å². The van der Waals surface area contributed by atoms with Gasteiger partial charge in [-0.1, -0.05) is 37.3 Å². The molecule has 14 heavy (non-hydrogen) atoms. The van der Waals surface area contributed by atoms with E-state index >= 15 is 0 Å². The number of halogens is 3. The Labute approximate surface area is 100 Å². The fourth-order valence-corrected chi connectivity index (χ4v) is 2.65. The van der Waals surface area contributed by atoms with Gasteiger partial charge in [-0.05, 0) is 23.9 Å². The van der Waals surface area contributed by atoms with Gasteiger partial charge in [-0.15, -0.1) is 33.2 Å². The van der Waals surface area contributed by atoms with Crippen LogP contribution < -0.4 is 0 Å². The molecule has 0 heterocycles. The van der Waals surface area contributed by atoms with Gasteiger partial charge in [0.05, 0.1) is 0 Å². The number of rotatable bonds is 4. The van der Waals surface area contributed by atoms with Crippen LogP contribution in [0, 0.1) is 0 Å². The van der Waals surface area contributed by atoms with Crippen LogP contribution in [0.4, 0.5) is 0 Å². The van der Waals surface area contributed by atoms with E-state index in [2.05, 4.69) is 12.1 Å². The first-order valence-corrected chi connectivity index (χ1v) is 9.72. The van der Waals surface area contributed by atoms with E-state index < -0.39 is 6.00 Å². The summed E-state index contributed by atoms with van der Waals surface area (Å²) in [6.07, 6.45) is 1.94. The van der Waals surface area contributed by atoms with Crippen molar-refractivity contribution in [1.29, 1.82) is 0 Å². The van der Waals surface area contributed by atoms with Crippen molar-refractivity contribution in [3.63, 3.8) is 0 Å². The highest BCUT2D eigenvalue weighted by Gasteiger charge is 2.32. The minimum Gasteiger partial charge on any atom is -0.126 e. The van der Waals surface area contributed by atoms with Gasteiger partial charge in [-0.25, -0.2) is 0 Å². The Kier molecular flexibility index (Phi) is 4.78. The molecular weight excluding hydrogens is 255 g/mol. The van der Waals surface area contributed by atoms with Crippen molar-refractivity contribution in [1.82, 2.24) is 0 Å². The summed E-state index contributed by atoms with van der Waals surface area (Å²) in [4.78, 5) is 0. The van der Waals surface area contributed by atoms with Gasteiger partial charge in [-0.2, -0.15) is 0 Å². The number of benzene rings is 1. The maximum absolute atomic E-state index is 5.92. The molecule has 0 fully saturated rings. The Bertz CT molecular complexity index is 268. The smallest absolute Gasteiger partial charge is 0.126 e. The average molecular weight is 268 g/mol. The Hall–Kier alpha value is 0.307. The van der Waals surface area contributed by atoms with Crippen molar-refractivity contribution in [2.75, 3.05) is 0 Å². The molecule has 0 amide bonds. The molecule has 1 rings (SSSR count). The molecule has 0 radical (unpaired) electrons. The summed E-state index contributed by atoms with van der Waals surface area (Å²) in [7, 11) is 0. The molecule has 0 aliphatic carbocycles. The first kappa shape index (κ1) is 12.4. The van der Waals surface area contributed by atoms with E-state index in [0.717, 1.165) is 12.8 Å². The zero-order valence-corrected chi connectivity index (χ0v) is 11.3. The molecule has 0 unspecified atom stereocenters. The molecule has 78 valence electrons. The fraction of sp³-hybridized carbons (Fsp3) is 0.400. The van der Waals surface area contributed by atoms with Crippen LogP contribution in [0.3, 0.4) is 0 Å². The van der Waals surface area contributed by atoms with Crippen LogP contribution in [0.2, 0.25) is 5.54 Å². The molecule has 0 spiro atoms. The molecule has 0 N–H and O–H groups in total. The summed E-state index contributed by atoms with van der Waals surface area (Å²) in [5.74, 6) is 0. The van der Waals surface area contributed by atoms with Gasteiger partial charge in [0.1, 0.15) is 0 Å². The summed E-state index contributed by atoms with van der Waals surface area (Å²) in [6.45, 7) is 2.02. The molecule has 0 saturated carbocycles. The van der Waals surface area contributed by atoms with Gasteiger partial charge in [-0.3, -0.25) is 0 Å². The zero-order valence-electron chi connectivity index (χ0n) is 8.01. The normalized spacial score (nSPS) is 14.0. The largest absolute Gasteiger partial charge is 0.344 e. The topological polar surface area (TPSA) is 0 Å². The van der Waals surface area contributed by atoms with Crippen LogP contribution in [0.15, 0.2) is 30.3 Å². The van der Waals surface area contributed by atoms with Gasteiger partial charge in [0.2, 0.25) is 0 Å². The van der Waals surface area contributed by atoms with E-state index in [9.17, 15) is 0 Å². The minimum absolute atomic E-state index is 0.215. The second-order valence-corrected chi connectivity index (χ2v) is 12.6. The first-order valence-electron chi connectivity index (χ1n) is 4.61. The second kappa shape index (κ2) is 5.41. The molecular formula is C10H13Cl3Si. The monoisotopic (exact) mass is 266 g/mol. The molecule has 4 heteroatoms. The maximum Gasteiger partial charge on any atom is 0.344 e. The van der Waals surface area contributed by atoms with Crippen molar-refractivity contribution in [2.45, 2.75) is 25.3 Å². The lowest BCUT2D eigenvalue weighted by molar-refractivity contribution is 0.785. The molecule has 1 atom stereocenters. The molecule has 0 aromatic heterocycles. The van der Waals surface area contributed by atoms with E-state index in [4.69, 9.17) is 33.2 Å². The van der Waals surface area contributed by atoms with Crippen molar-refractivity contribution < 1.29 is 0 Å². The first-order chi connectivity index (χ1) is 6.50. The Morgan fingerprint density at radius 1 is 1.14 bits per heavy atom. The highest BCUT2D eigenvalue weighted by Crippen LogP contribution is 2.36. The quantitative estimate of drug-likeness (QED) is 0.550. The summed E-state index contributed by atoms with van der Waals surface area (Å²) in [6, 6.07) is 7.79. The summed E-state index contributed by atoms with van der Waals surface area (Å²) < 4.78 is 0. The van der Waals surface area contributed by atoms with Crippen LogP contribution in [0.5, 0.6) is 0 Å². The maximum atomic E-state index is 5.92. The third-order valence-corrected chi connectivity index (χ3v) is 7.03. The van der Waals surface area contributed by atoms with Crippen LogP contribution in [0.25, 0.3) is 0 Å². The zero-order chi connectivity index (χ0) is 10.6. The lowest BCUT2D eigenvalue weighted by Gasteiger charge is -2.16. The van der Waals surface area contributed by atoms with Gasteiger partial charge in [0.25, 0.3) is 0 Å².